The highest BCUT2D eigenvalue weighted by Crippen LogP contribution is 2.38. The molecule has 2 amide bonds. The van der Waals surface area contributed by atoms with E-state index < -0.39 is 23.7 Å². The smallest absolute Gasteiger partial charge is 0.330 e. The van der Waals surface area contributed by atoms with Gasteiger partial charge in [0.2, 0.25) is 5.91 Å². The summed E-state index contributed by atoms with van der Waals surface area (Å²) in [5.74, 6) is -1.34. The highest BCUT2D eigenvalue weighted by atomic mass is 32.1. The van der Waals surface area contributed by atoms with Crippen molar-refractivity contribution in [2.75, 3.05) is 19.6 Å². The Morgan fingerprint density at radius 2 is 1.83 bits per heavy atom. The number of halogens is 4. The number of benzene rings is 2. The van der Waals surface area contributed by atoms with Gasteiger partial charge < -0.3 is 9.80 Å². The summed E-state index contributed by atoms with van der Waals surface area (Å²) in [6.45, 7) is 4.10. The minimum absolute atomic E-state index is 0.00900. The van der Waals surface area contributed by atoms with Gasteiger partial charge >= 0.3 is 6.18 Å². The summed E-state index contributed by atoms with van der Waals surface area (Å²) in [4.78, 5) is 31.0. The van der Waals surface area contributed by atoms with Crippen molar-refractivity contribution in [3.05, 3.63) is 92.9 Å². The van der Waals surface area contributed by atoms with Gasteiger partial charge in [-0.15, -0.1) is 11.3 Å². The van der Waals surface area contributed by atoms with E-state index in [9.17, 15) is 27.2 Å². The fourth-order valence-electron chi connectivity index (χ4n) is 4.51. The van der Waals surface area contributed by atoms with Crippen LogP contribution in [-0.2, 0) is 17.4 Å². The van der Waals surface area contributed by atoms with E-state index in [-0.39, 0.29) is 36.3 Å². The molecule has 1 aliphatic rings. The van der Waals surface area contributed by atoms with Gasteiger partial charge in [0.05, 0.1) is 11.6 Å². The molecule has 2 aromatic carbocycles. The minimum atomic E-state index is -4.58. The second-order valence-corrected chi connectivity index (χ2v) is 10.2. The van der Waals surface area contributed by atoms with Crippen LogP contribution in [0.2, 0.25) is 0 Å². The number of nitrogens with zero attached hydrogens (tertiary/aromatic N) is 2. The summed E-state index contributed by atoms with van der Waals surface area (Å²) in [5.41, 5.74) is 0.684. The van der Waals surface area contributed by atoms with Gasteiger partial charge in [0.25, 0.3) is 5.91 Å². The van der Waals surface area contributed by atoms with Crippen molar-refractivity contribution < 1.29 is 27.2 Å². The highest BCUT2D eigenvalue weighted by molar-refractivity contribution is 7.10. The molecular formula is C27H26F4N2O2S. The third kappa shape index (κ3) is 5.61. The second kappa shape index (κ2) is 10.4. The predicted molar refractivity (Wildman–Crippen MR) is 130 cm³/mol. The summed E-state index contributed by atoms with van der Waals surface area (Å²) in [6.07, 6.45) is -3.93. The lowest BCUT2D eigenvalue weighted by molar-refractivity contribution is -0.137. The first-order chi connectivity index (χ1) is 17.0. The number of rotatable bonds is 6. The number of alkyl halides is 3. The molecule has 0 aliphatic carbocycles. The number of carbonyl (C=O) groups excluding carboxylic acids is 2. The molecule has 0 spiro atoms. The molecular weight excluding hydrogens is 492 g/mol. The van der Waals surface area contributed by atoms with E-state index in [4.69, 9.17) is 0 Å². The zero-order chi connectivity index (χ0) is 26.0. The van der Waals surface area contributed by atoms with Crippen molar-refractivity contribution in [3.63, 3.8) is 0 Å². The molecule has 4 nitrogen and oxygen atoms in total. The van der Waals surface area contributed by atoms with Crippen LogP contribution in [-0.4, -0.2) is 41.2 Å². The van der Waals surface area contributed by atoms with E-state index in [1.807, 2.05) is 25.3 Å². The normalized spacial score (nSPS) is 15.6. The first-order valence-electron chi connectivity index (χ1n) is 11.6. The molecule has 1 aromatic heterocycles. The molecule has 36 heavy (non-hydrogen) atoms. The average molecular weight is 519 g/mol. The van der Waals surface area contributed by atoms with Gasteiger partial charge in [-0.3, -0.25) is 9.59 Å². The molecule has 0 radical (unpaired) electrons. The lowest BCUT2D eigenvalue weighted by Crippen LogP contribution is -2.47. The Morgan fingerprint density at radius 1 is 1.11 bits per heavy atom. The molecule has 4 rings (SSSR count). The number of hydrogen-bond donors (Lipinski definition) is 0. The fraction of sp³-hybridized carbons (Fsp3) is 0.333. The molecule has 3 aromatic rings. The van der Waals surface area contributed by atoms with Crippen molar-refractivity contribution in [1.29, 1.82) is 0 Å². The zero-order valence-electron chi connectivity index (χ0n) is 19.9. The van der Waals surface area contributed by atoms with Crippen molar-refractivity contribution in [1.82, 2.24) is 9.80 Å². The van der Waals surface area contributed by atoms with Crippen LogP contribution in [0.4, 0.5) is 17.6 Å². The van der Waals surface area contributed by atoms with Gasteiger partial charge in [-0.2, -0.15) is 13.2 Å². The molecule has 1 aliphatic heterocycles. The van der Waals surface area contributed by atoms with Crippen molar-refractivity contribution >= 4 is 23.2 Å². The van der Waals surface area contributed by atoms with E-state index >= 15 is 0 Å². The molecule has 0 saturated heterocycles. The van der Waals surface area contributed by atoms with Crippen LogP contribution in [0.25, 0.3) is 0 Å². The van der Waals surface area contributed by atoms with Gasteiger partial charge in [-0.1, -0.05) is 32.0 Å². The fourth-order valence-corrected chi connectivity index (χ4v) is 5.42. The largest absolute Gasteiger partial charge is 0.416 e. The van der Waals surface area contributed by atoms with Gasteiger partial charge in [0.1, 0.15) is 12.4 Å². The SMILES string of the molecule is CC(C)CN(CC(=O)N1CCc2sccc2C1c1ccc(F)cc1)C(=O)c1cccc(C(F)(F)F)c1. The van der Waals surface area contributed by atoms with Crippen LogP contribution < -0.4 is 0 Å². The molecule has 2 heterocycles. The summed E-state index contributed by atoms with van der Waals surface area (Å²) in [7, 11) is 0. The maximum Gasteiger partial charge on any atom is 0.416 e. The van der Waals surface area contributed by atoms with Crippen LogP contribution in [0.1, 0.15) is 51.8 Å². The zero-order valence-corrected chi connectivity index (χ0v) is 20.7. The van der Waals surface area contributed by atoms with Gasteiger partial charge in [0, 0.05) is 23.5 Å². The number of hydrogen-bond acceptors (Lipinski definition) is 3. The van der Waals surface area contributed by atoms with E-state index in [2.05, 4.69) is 0 Å². The molecule has 1 unspecified atom stereocenters. The Labute approximate surface area is 211 Å². The van der Waals surface area contributed by atoms with Crippen LogP contribution in [0.3, 0.4) is 0 Å². The van der Waals surface area contributed by atoms with Gasteiger partial charge in [-0.05, 0) is 65.2 Å². The molecule has 0 saturated carbocycles. The van der Waals surface area contributed by atoms with Gasteiger partial charge in [0.15, 0.2) is 0 Å². The molecule has 190 valence electrons. The third-order valence-electron chi connectivity index (χ3n) is 6.11. The monoisotopic (exact) mass is 518 g/mol. The maximum atomic E-state index is 13.6. The molecule has 0 N–H and O–H groups in total. The number of thiophene rings is 1. The topological polar surface area (TPSA) is 40.6 Å². The first-order valence-corrected chi connectivity index (χ1v) is 12.5. The Hall–Kier alpha value is -3.20. The number of fused-ring (bicyclic) bond motifs is 1. The van der Waals surface area contributed by atoms with E-state index in [1.54, 1.807) is 28.4 Å². The van der Waals surface area contributed by atoms with Crippen LogP contribution >= 0.6 is 11.3 Å². The van der Waals surface area contributed by atoms with E-state index in [0.29, 0.717) is 13.0 Å². The quantitative estimate of drug-likeness (QED) is 0.366. The lowest BCUT2D eigenvalue weighted by atomic mass is 9.93. The summed E-state index contributed by atoms with van der Waals surface area (Å²) in [5, 5.41) is 1.96. The van der Waals surface area contributed by atoms with Crippen LogP contribution in [0, 0.1) is 11.7 Å². The van der Waals surface area contributed by atoms with Crippen molar-refractivity contribution in [2.45, 2.75) is 32.5 Å². The maximum absolute atomic E-state index is 13.6. The van der Waals surface area contributed by atoms with E-state index in [0.717, 1.165) is 28.1 Å². The second-order valence-electron chi connectivity index (χ2n) is 9.25. The van der Waals surface area contributed by atoms with Crippen molar-refractivity contribution in [3.8, 4) is 0 Å². The van der Waals surface area contributed by atoms with Gasteiger partial charge in [-0.25, -0.2) is 4.39 Å². The van der Waals surface area contributed by atoms with Crippen LogP contribution in [0.15, 0.2) is 60.0 Å². The van der Waals surface area contributed by atoms with Crippen molar-refractivity contribution in [2.24, 2.45) is 5.92 Å². The first kappa shape index (κ1) is 25.9. The Balaban J connectivity index is 1.62. The number of amides is 2. The molecule has 0 bridgehead atoms. The Morgan fingerprint density at radius 3 is 2.50 bits per heavy atom. The standard InChI is InChI=1S/C27H26F4N2O2S/c1-17(2)15-32(26(35)19-4-3-5-20(14-19)27(29,30)31)16-24(34)33-12-10-23-22(11-13-36-23)25(33)18-6-8-21(28)9-7-18/h3-9,11,13-14,17,25H,10,12,15-16H2,1-2H3. The molecule has 9 heteroatoms. The predicted octanol–water partition coefficient (Wildman–Crippen LogP) is 6.18. The molecule has 1 atom stereocenters. The number of carbonyl (C=O) groups is 2. The van der Waals surface area contributed by atoms with Crippen LogP contribution in [0.5, 0.6) is 0 Å². The lowest BCUT2D eigenvalue weighted by Gasteiger charge is -2.38. The average Bonchev–Trinajstić information content (AvgIpc) is 3.31. The summed E-state index contributed by atoms with van der Waals surface area (Å²) in [6, 6.07) is 11.8. The highest BCUT2D eigenvalue weighted by Gasteiger charge is 2.35. The minimum Gasteiger partial charge on any atom is -0.330 e. The summed E-state index contributed by atoms with van der Waals surface area (Å²) < 4.78 is 53.2. The third-order valence-corrected chi connectivity index (χ3v) is 7.10. The Bertz CT molecular complexity index is 1240. The molecule has 0 fully saturated rings. The Kier molecular flexibility index (Phi) is 7.49. The summed E-state index contributed by atoms with van der Waals surface area (Å²) >= 11 is 1.60. The van der Waals surface area contributed by atoms with E-state index in [1.165, 1.54) is 29.2 Å².